The van der Waals surface area contributed by atoms with Gasteiger partial charge in [-0.3, -0.25) is 4.79 Å². The van der Waals surface area contributed by atoms with Gasteiger partial charge in [-0.25, -0.2) is 0 Å². The van der Waals surface area contributed by atoms with Crippen LogP contribution in [0.2, 0.25) is 0 Å². The van der Waals surface area contributed by atoms with E-state index in [4.69, 9.17) is 15.2 Å². The molecule has 2 heterocycles. The number of nitrogens with two attached hydrogens (primary N) is 1. The third-order valence-corrected chi connectivity index (χ3v) is 3.70. The molecule has 3 N–H and O–H groups in total. The minimum absolute atomic E-state index is 0. The van der Waals surface area contributed by atoms with Gasteiger partial charge in [0.15, 0.2) is 0 Å². The Morgan fingerprint density at radius 3 is 2.64 bits per heavy atom. The maximum atomic E-state index is 12.4. The van der Waals surface area contributed by atoms with Crippen LogP contribution in [-0.4, -0.2) is 34.9 Å². The summed E-state index contributed by atoms with van der Waals surface area (Å²) in [6, 6.07) is 10.5. The number of carbonyl (C=O) groups is 1. The van der Waals surface area contributed by atoms with Crippen LogP contribution in [0.4, 0.5) is 5.69 Å². The average molecular weight is 387 g/mol. The highest BCUT2D eigenvalue weighted by Crippen LogP contribution is 2.24. The van der Waals surface area contributed by atoms with E-state index in [9.17, 15) is 4.79 Å². The Morgan fingerprint density at radius 2 is 1.96 bits per heavy atom. The van der Waals surface area contributed by atoms with E-state index in [-0.39, 0.29) is 30.7 Å². The number of rotatable bonds is 4. The van der Waals surface area contributed by atoms with Gasteiger partial charge in [0.25, 0.3) is 0 Å². The van der Waals surface area contributed by atoms with Crippen molar-refractivity contribution >= 4 is 36.4 Å². The van der Waals surface area contributed by atoms with Gasteiger partial charge in [0.2, 0.25) is 11.8 Å². The van der Waals surface area contributed by atoms with E-state index < -0.39 is 5.54 Å². The second-order valence-electron chi connectivity index (χ2n) is 5.41. The van der Waals surface area contributed by atoms with E-state index in [0.717, 1.165) is 0 Å². The fraction of sp³-hybridized carbons (Fsp3) is 0.312. The number of hydrogen-bond acceptors (Lipinski definition) is 6. The van der Waals surface area contributed by atoms with Gasteiger partial charge in [0, 0.05) is 37.2 Å². The molecule has 1 aromatic heterocycles. The van der Waals surface area contributed by atoms with Crippen molar-refractivity contribution in [3.05, 3.63) is 42.6 Å². The Kier molecular flexibility index (Phi) is 8.05. The Morgan fingerprint density at radius 1 is 1.20 bits per heavy atom. The third kappa shape index (κ3) is 5.54. The van der Waals surface area contributed by atoms with Crippen LogP contribution in [0.5, 0.6) is 11.6 Å². The lowest BCUT2D eigenvalue weighted by atomic mass is 9.90. The Balaban J connectivity index is 0.00000156. The van der Waals surface area contributed by atoms with Crippen molar-refractivity contribution in [3.8, 4) is 11.6 Å². The molecule has 7 nitrogen and oxygen atoms in total. The molecule has 1 aromatic carbocycles. The van der Waals surface area contributed by atoms with Gasteiger partial charge in [-0.15, -0.1) is 29.9 Å². The van der Waals surface area contributed by atoms with Crippen molar-refractivity contribution in [2.45, 2.75) is 18.4 Å². The number of carbonyl (C=O) groups excluding carboxylic acids is 1. The predicted octanol–water partition coefficient (Wildman–Crippen LogP) is 2.56. The molecule has 2 aromatic rings. The molecule has 3 rings (SSSR count). The van der Waals surface area contributed by atoms with Gasteiger partial charge >= 0.3 is 0 Å². The predicted molar refractivity (Wildman–Crippen MR) is 98.6 cm³/mol. The van der Waals surface area contributed by atoms with E-state index in [1.165, 1.54) is 0 Å². The van der Waals surface area contributed by atoms with Crippen LogP contribution in [0.1, 0.15) is 12.8 Å². The summed E-state index contributed by atoms with van der Waals surface area (Å²) < 4.78 is 10.9. The summed E-state index contributed by atoms with van der Waals surface area (Å²) in [4.78, 5) is 12.4. The van der Waals surface area contributed by atoms with Crippen LogP contribution in [-0.2, 0) is 9.53 Å². The Labute approximate surface area is 158 Å². The molecule has 0 atom stereocenters. The quantitative estimate of drug-likeness (QED) is 0.837. The van der Waals surface area contributed by atoms with Crippen LogP contribution < -0.4 is 15.8 Å². The first-order chi connectivity index (χ1) is 11.2. The number of nitrogens with zero attached hydrogens (tertiary/aromatic N) is 2. The SMILES string of the molecule is Cl.Cl.NC1(C(=O)Nc2cccc(Oc3cccnn3)c2)CCOCC1. The van der Waals surface area contributed by atoms with Crippen LogP contribution in [0.3, 0.4) is 0 Å². The number of nitrogens with one attached hydrogen (secondary N) is 1. The van der Waals surface area contributed by atoms with Crippen molar-refractivity contribution in [1.29, 1.82) is 0 Å². The maximum absolute atomic E-state index is 12.4. The molecule has 136 valence electrons. The molecule has 0 unspecified atom stereocenters. The van der Waals surface area contributed by atoms with Crippen molar-refractivity contribution in [2.75, 3.05) is 18.5 Å². The fourth-order valence-electron chi connectivity index (χ4n) is 2.32. The van der Waals surface area contributed by atoms with Gasteiger partial charge in [0.05, 0.1) is 0 Å². The van der Waals surface area contributed by atoms with Gasteiger partial charge in [-0.05, 0) is 31.0 Å². The van der Waals surface area contributed by atoms with Crippen LogP contribution in [0, 0.1) is 0 Å². The van der Waals surface area contributed by atoms with E-state index >= 15 is 0 Å². The van der Waals surface area contributed by atoms with E-state index in [2.05, 4.69) is 15.5 Å². The average Bonchev–Trinajstić information content (AvgIpc) is 2.57. The lowest BCUT2D eigenvalue weighted by Gasteiger charge is -2.31. The van der Waals surface area contributed by atoms with Crippen molar-refractivity contribution in [1.82, 2.24) is 10.2 Å². The lowest BCUT2D eigenvalue weighted by molar-refractivity contribution is -0.124. The first-order valence-corrected chi connectivity index (χ1v) is 7.39. The second kappa shape index (κ2) is 9.53. The molecule has 0 saturated carbocycles. The zero-order valence-corrected chi connectivity index (χ0v) is 15.0. The topological polar surface area (TPSA) is 99.4 Å². The van der Waals surface area contributed by atoms with E-state index in [1.54, 1.807) is 42.6 Å². The fourth-order valence-corrected chi connectivity index (χ4v) is 2.32. The molecule has 25 heavy (non-hydrogen) atoms. The number of aromatic nitrogens is 2. The molecule has 0 bridgehead atoms. The van der Waals surface area contributed by atoms with Crippen molar-refractivity contribution in [3.63, 3.8) is 0 Å². The lowest BCUT2D eigenvalue weighted by Crippen LogP contribution is -2.54. The molecule has 1 saturated heterocycles. The molecule has 1 fully saturated rings. The summed E-state index contributed by atoms with van der Waals surface area (Å²) in [6.07, 6.45) is 2.58. The summed E-state index contributed by atoms with van der Waals surface area (Å²) in [5.74, 6) is 0.731. The van der Waals surface area contributed by atoms with Gasteiger partial charge < -0.3 is 20.5 Å². The summed E-state index contributed by atoms with van der Waals surface area (Å²) >= 11 is 0. The maximum Gasteiger partial charge on any atom is 0.244 e. The summed E-state index contributed by atoms with van der Waals surface area (Å²) in [7, 11) is 0. The van der Waals surface area contributed by atoms with Gasteiger partial charge in [0.1, 0.15) is 11.3 Å². The first-order valence-electron chi connectivity index (χ1n) is 7.39. The summed E-state index contributed by atoms with van der Waals surface area (Å²) in [6.45, 7) is 0.999. The van der Waals surface area contributed by atoms with Gasteiger partial charge in [-0.1, -0.05) is 6.07 Å². The third-order valence-electron chi connectivity index (χ3n) is 3.70. The van der Waals surface area contributed by atoms with Crippen LogP contribution >= 0.6 is 24.8 Å². The molecule has 0 aliphatic carbocycles. The second-order valence-corrected chi connectivity index (χ2v) is 5.41. The Bertz CT molecular complexity index is 682. The monoisotopic (exact) mass is 386 g/mol. The number of anilines is 1. The highest BCUT2D eigenvalue weighted by molar-refractivity contribution is 5.98. The van der Waals surface area contributed by atoms with Crippen LogP contribution in [0.25, 0.3) is 0 Å². The summed E-state index contributed by atoms with van der Waals surface area (Å²) in [5.41, 5.74) is 5.90. The highest BCUT2D eigenvalue weighted by atomic mass is 35.5. The zero-order chi connectivity index (χ0) is 16.1. The number of benzene rings is 1. The zero-order valence-electron chi connectivity index (χ0n) is 13.4. The number of amides is 1. The molecule has 0 radical (unpaired) electrons. The largest absolute Gasteiger partial charge is 0.437 e. The normalized spacial score (nSPS) is 15.2. The number of halogens is 2. The molecular formula is C16H20Cl2N4O3. The highest BCUT2D eigenvalue weighted by Gasteiger charge is 2.35. The smallest absolute Gasteiger partial charge is 0.244 e. The molecule has 0 spiro atoms. The minimum atomic E-state index is -0.889. The molecule has 1 amide bonds. The summed E-state index contributed by atoms with van der Waals surface area (Å²) in [5, 5.41) is 10.4. The molecule has 1 aliphatic heterocycles. The van der Waals surface area contributed by atoms with Crippen molar-refractivity contribution < 1.29 is 14.3 Å². The molecular weight excluding hydrogens is 367 g/mol. The van der Waals surface area contributed by atoms with Crippen molar-refractivity contribution in [2.24, 2.45) is 5.73 Å². The minimum Gasteiger partial charge on any atom is -0.437 e. The van der Waals surface area contributed by atoms with E-state index in [1.807, 2.05) is 0 Å². The van der Waals surface area contributed by atoms with Gasteiger partial charge in [-0.2, -0.15) is 5.10 Å². The number of hydrogen-bond donors (Lipinski definition) is 2. The Hall–Kier alpha value is -1.93. The molecule has 9 heteroatoms. The number of ether oxygens (including phenoxy) is 2. The molecule has 1 aliphatic rings. The van der Waals surface area contributed by atoms with Crippen LogP contribution in [0.15, 0.2) is 42.6 Å². The van der Waals surface area contributed by atoms with E-state index in [0.29, 0.717) is 43.4 Å². The standard InChI is InChI=1S/C16H18N4O3.2ClH/c17-16(6-9-22-10-7-16)15(21)19-12-3-1-4-13(11-12)23-14-5-2-8-18-20-14;;/h1-5,8,11H,6-7,9-10,17H2,(H,19,21);2*1H. The first kappa shape index (κ1) is 21.1.